The number of benzene rings is 4. The van der Waals surface area contributed by atoms with Gasteiger partial charge in [0, 0.05) is 0 Å². The van der Waals surface area contributed by atoms with Crippen LogP contribution in [-0.4, -0.2) is 0 Å². The number of allylic oxidation sites excluding steroid dienone is 2. The Morgan fingerprint density at radius 2 is 0.927 bits per heavy atom. The average molecular weight is 742 g/mol. The van der Waals surface area contributed by atoms with Gasteiger partial charge in [-0.2, -0.15) is 0 Å². The molecule has 4 aliphatic rings. The van der Waals surface area contributed by atoms with E-state index in [1.165, 1.54) is 59.1 Å². The molecule has 0 amide bonds. The van der Waals surface area contributed by atoms with Crippen molar-refractivity contribution in [3.63, 3.8) is 0 Å². The third kappa shape index (κ3) is 4.25. The molecule has 8 rings (SSSR count). The topological polar surface area (TPSA) is 0 Å². The third-order valence-electron chi connectivity index (χ3n) is 10.7. The van der Waals surface area contributed by atoms with E-state index < -0.39 is 20.0 Å². The molecule has 1 saturated heterocycles. The van der Waals surface area contributed by atoms with Crippen molar-refractivity contribution in [3.05, 3.63) is 130 Å². The van der Waals surface area contributed by atoms with Gasteiger partial charge < -0.3 is 24.8 Å². The monoisotopic (exact) mass is 742 g/mol. The Labute approximate surface area is 262 Å². The predicted octanol–water partition coefficient (Wildman–Crippen LogP) is 4.96. The molecule has 0 spiro atoms. The second-order valence-electron chi connectivity index (χ2n) is 12.5. The first-order valence-electron chi connectivity index (χ1n) is 14.9. The molecule has 3 heteroatoms. The van der Waals surface area contributed by atoms with Crippen molar-refractivity contribution in [3.8, 4) is 22.3 Å². The maximum absolute atomic E-state index is 3.04. The van der Waals surface area contributed by atoms with E-state index in [2.05, 4.69) is 123 Å². The summed E-state index contributed by atoms with van der Waals surface area (Å²) in [6.07, 6.45) is 11.1. The number of hydrogen-bond donors (Lipinski definition) is 0. The quantitative estimate of drug-likeness (QED) is 0.260. The van der Waals surface area contributed by atoms with Crippen LogP contribution in [0.15, 0.2) is 108 Å². The van der Waals surface area contributed by atoms with Crippen LogP contribution in [0.1, 0.15) is 69.1 Å². The standard InChI is InChI=1S/2C16H13.C6H10.2ClH.Hf/c2*1-12-10-14-8-5-9-15(16(14)11-12)13-6-3-2-4-7-13;1-2-4-6-5-3-1;;;/h2*2-11H,1H3;1-2H,3-6H2;2*1H;/q;;;;;+2/p-2. The Morgan fingerprint density at radius 1 is 0.512 bits per heavy atom. The summed E-state index contributed by atoms with van der Waals surface area (Å²) in [5.74, 6) is 0. The molecule has 1 saturated carbocycles. The fourth-order valence-electron chi connectivity index (χ4n) is 9.41. The van der Waals surface area contributed by atoms with Crippen LogP contribution < -0.4 is 24.8 Å². The SMILES string of the molecule is CC1=Cc2c(-c3ccccc3)cccc2[CH]1[Hf+2]1([CH]2C(C)=Cc3c(-c4ccccc4)cccc32)[CH]2CCCC[CH]21.[Cl-].[Cl-]. The fourth-order valence-corrected chi connectivity index (χ4v) is 44.8. The van der Waals surface area contributed by atoms with Gasteiger partial charge in [0.15, 0.2) is 0 Å². The predicted molar refractivity (Wildman–Crippen MR) is 163 cm³/mol. The summed E-state index contributed by atoms with van der Waals surface area (Å²) in [5, 5.41) is 0. The van der Waals surface area contributed by atoms with Crippen molar-refractivity contribution in [1.82, 2.24) is 0 Å². The Bertz CT molecular complexity index is 1530. The van der Waals surface area contributed by atoms with Crippen molar-refractivity contribution in [1.29, 1.82) is 0 Å². The molecule has 0 N–H and O–H groups in total. The average Bonchev–Trinajstić information content (AvgIpc) is 3.29. The molecule has 1 aliphatic heterocycles. The number of halogens is 2. The van der Waals surface area contributed by atoms with Crippen LogP contribution in [0.5, 0.6) is 0 Å². The zero-order valence-corrected chi connectivity index (χ0v) is 28.9. The Morgan fingerprint density at radius 3 is 1.34 bits per heavy atom. The maximum Gasteiger partial charge on any atom is -1.00 e. The van der Waals surface area contributed by atoms with Crippen LogP contribution in [0, 0.1) is 0 Å². The second kappa shape index (κ2) is 11.1. The minimum Gasteiger partial charge on any atom is -1.00 e. The molecule has 41 heavy (non-hydrogen) atoms. The molecule has 4 atom stereocenters. The fraction of sp³-hybridized carbons (Fsp3) is 0.263. The first kappa shape index (κ1) is 28.9. The summed E-state index contributed by atoms with van der Waals surface area (Å²) < 4.78 is 3.49. The summed E-state index contributed by atoms with van der Waals surface area (Å²) in [6, 6.07) is 36.6. The molecule has 1 heterocycles. The largest absolute Gasteiger partial charge is 1.00 e. The molecule has 0 bridgehead atoms. The van der Waals surface area contributed by atoms with Crippen molar-refractivity contribution >= 4 is 12.2 Å². The molecule has 0 nitrogen and oxygen atoms in total. The van der Waals surface area contributed by atoms with Crippen molar-refractivity contribution < 1.29 is 44.8 Å². The van der Waals surface area contributed by atoms with Gasteiger partial charge in [0.25, 0.3) is 0 Å². The van der Waals surface area contributed by atoms with E-state index in [1.807, 2.05) is 0 Å². The van der Waals surface area contributed by atoms with E-state index in [0.717, 1.165) is 7.35 Å². The van der Waals surface area contributed by atoms with Gasteiger partial charge in [-0.3, -0.25) is 0 Å². The van der Waals surface area contributed by atoms with Gasteiger partial charge >= 0.3 is 239 Å². The molecule has 4 unspecified atom stereocenters. The second-order valence-corrected chi connectivity index (χ2v) is 29.2. The van der Waals surface area contributed by atoms with E-state index in [-0.39, 0.29) is 24.8 Å². The maximum atomic E-state index is 2.60. The number of hydrogen-bond acceptors (Lipinski definition) is 0. The summed E-state index contributed by atoms with van der Waals surface area (Å²) in [4.78, 5) is 0. The van der Waals surface area contributed by atoms with Gasteiger partial charge in [-0.05, 0) is 0 Å². The minimum absolute atomic E-state index is 0. The number of rotatable bonds is 4. The Kier molecular flexibility index (Phi) is 7.86. The van der Waals surface area contributed by atoms with Gasteiger partial charge in [-0.25, -0.2) is 0 Å². The molecule has 2 fully saturated rings. The van der Waals surface area contributed by atoms with Crippen LogP contribution in [0.25, 0.3) is 34.4 Å². The third-order valence-corrected chi connectivity index (χ3v) is 36.2. The van der Waals surface area contributed by atoms with E-state index in [1.54, 1.807) is 22.3 Å². The van der Waals surface area contributed by atoms with Gasteiger partial charge in [0.2, 0.25) is 0 Å². The van der Waals surface area contributed by atoms with Crippen molar-refractivity contribution in [2.45, 2.75) is 54.2 Å². The summed E-state index contributed by atoms with van der Waals surface area (Å²) in [5.41, 5.74) is 15.3. The van der Waals surface area contributed by atoms with Gasteiger partial charge in [0.05, 0.1) is 0 Å². The zero-order valence-electron chi connectivity index (χ0n) is 23.8. The normalized spacial score (nSPS) is 25.3. The Balaban J connectivity index is 0.00000151. The number of fused-ring (bicyclic) bond motifs is 3. The smallest absolute Gasteiger partial charge is 1.00 e. The van der Waals surface area contributed by atoms with E-state index >= 15 is 0 Å². The molecular weight excluding hydrogens is 706 g/mol. The molecule has 3 aliphatic carbocycles. The zero-order chi connectivity index (χ0) is 26.1. The first-order chi connectivity index (χ1) is 19.2. The van der Waals surface area contributed by atoms with Gasteiger partial charge in [-0.15, -0.1) is 0 Å². The molecular formula is C38H36Cl2Hf. The molecule has 0 aromatic heterocycles. The van der Waals surface area contributed by atoms with Crippen LogP contribution in [0.3, 0.4) is 0 Å². The Hall–Kier alpha value is -2.19. The molecule has 0 radical (unpaired) electrons. The summed E-state index contributed by atoms with van der Waals surface area (Å²) in [6.45, 7) is 4.97. The van der Waals surface area contributed by atoms with Crippen LogP contribution in [-0.2, 0) is 20.0 Å². The van der Waals surface area contributed by atoms with Gasteiger partial charge in [0.1, 0.15) is 0 Å². The summed E-state index contributed by atoms with van der Waals surface area (Å²) in [7, 11) is 0. The minimum atomic E-state index is -3.04. The van der Waals surface area contributed by atoms with E-state index in [9.17, 15) is 0 Å². The molecule has 4 aromatic rings. The van der Waals surface area contributed by atoms with Crippen molar-refractivity contribution in [2.24, 2.45) is 0 Å². The van der Waals surface area contributed by atoms with E-state index in [0.29, 0.717) is 7.35 Å². The van der Waals surface area contributed by atoms with Crippen LogP contribution >= 0.6 is 0 Å². The van der Waals surface area contributed by atoms with Crippen molar-refractivity contribution in [2.75, 3.05) is 0 Å². The molecule has 4 aromatic carbocycles. The van der Waals surface area contributed by atoms with Gasteiger partial charge in [-0.1, -0.05) is 0 Å². The summed E-state index contributed by atoms with van der Waals surface area (Å²) >= 11 is -3.04. The van der Waals surface area contributed by atoms with Crippen LogP contribution in [0.4, 0.5) is 0 Å². The first-order valence-corrected chi connectivity index (χ1v) is 23.2. The molecule has 206 valence electrons. The van der Waals surface area contributed by atoms with E-state index in [4.69, 9.17) is 0 Å². The van der Waals surface area contributed by atoms with Crippen LogP contribution in [0.2, 0.25) is 7.35 Å².